The Bertz CT molecular complexity index is 401. The molecule has 1 heterocycles. The molecular formula is C8H3I3O2. The number of ether oxygens (including phenoxy) is 1. The lowest BCUT2D eigenvalue weighted by atomic mass is 10.2. The number of rotatable bonds is 0. The molecule has 0 aromatic heterocycles. The molecule has 13 heavy (non-hydrogen) atoms. The van der Waals surface area contributed by atoms with Gasteiger partial charge >= 0.3 is 5.97 Å². The van der Waals surface area contributed by atoms with Crippen LogP contribution in [0.5, 0.6) is 5.75 Å². The Morgan fingerprint density at radius 2 is 1.92 bits per heavy atom. The molecule has 0 bridgehead atoms. The van der Waals surface area contributed by atoms with Crippen molar-refractivity contribution in [2.45, 2.75) is 6.42 Å². The van der Waals surface area contributed by atoms with E-state index < -0.39 is 0 Å². The Balaban J connectivity index is 2.69. The Morgan fingerprint density at radius 3 is 2.62 bits per heavy atom. The maximum Gasteiger partial charge on any atom is 0.315 e. The number of hydrogen-bond donors (Lipinski definition) is 0. The molecule has 0 spiro atoms. The molecule has 1 aliphatic rings. The van der Waals surface area contributed by atoms with Crippen LogP contribution in [0.2, 0.25) is 0 Å². The fraction of sp³-hybridized carbons (Fsp3) is 0.125. The molecular weight excluding hydrogens is 509 g/mol. The Morgan fingerprint density at radius 1 is 1.23 bits per heavy atom. The molecule has 0 N–H and O–H groups in total. The summed E-state index contributed by atoms with van der Waals surface area (Å²) in [5.41, 5.74) is 1.04. The van der Waals surface area contributed by atoms with Gasteiger partial charge in [0.15, 0.2) is 0 Å². The van der Waals surface area contributed by atoms with E-state index in [1.807, 2.05) is 0 Å². The summed E-state index contributed by atoms with van der Waals surface area (Å²) in [6.07, 6.45) is 0.417. The predicted octanol–water partition coefficient (Wildman–Crippen LogP) is 2.96. The third kappa shape index (κ3) is 1.83. The average Bonchev–Trinajstić information content (AvgIpc) is 2.44. The van der Waals surface area contributed by atoms with Gasteiger partial charge < -0.3 is 4.74 Å². The lowest BCUT2D eigenvalue weighted by Crippen LogP contribution is -2.00. The summed E-state index contributed by atoms with van der Waals surface area (Å²) >= 11 is 6.69. The van der Waals surface area contributed by atoms with Crippen LogP contribution in [0, 0.1) is 10.7 Å². The van der Waals surface area contributed by atoms with Crippen LogP contribution in [0.15, 0.2) is 6.07 Å². The number of esters is 1. The van der Waals surface area contributed by atoms with Gasteiger partial charge in [0.25, 0.3) is 0 Å². The van der Waals surface area contributed by atoms with Gasteiger partial charge in [-0.05, 0) is 73.8 Å². The number of hydrogen-bond acceptors (Lipinski definition) is 2. The highest BCUT2D eigenvalue weighted by molar-refractivity contribution is 14.1. The first-order valence-corrected chi connectivity index (χ1v) is 6.70. The van der Waals surface area contributed by atoms with Crippen molar-refractivity contribution in [1.29, 1.82) is 0 Å². The van der Waals surface area contributed by atoms with Crippen LogP contribution >= 0.6 is 67.8 Å². The Hall–Kier alpha value is 0.880. The van der Waals surface area contributed by atoms with Gasteiger partial charge in [0, 0.05) is 12.7 Å². The summed E-state index contributed by atoms with van der Waals surface area (Å²) in [5.74, 6) is 0.620. The van der Waals surface area contributed by atoms with Crippen molar-refractivity contribution in [3.05, 3.63) is 22.3 Å². The van der Waals surface area contributed by atoms with Crippen LogP contribution in [-0.4, -0.2) is 5.97 Å². The number of fused-ring (bicyclic) bond motifs is 1. The highest BCUT2D eigenvalue weighted by Gasteiger charge is 2.26. The van der Waals surface area contributed by atoms with E-state index in [0.717, 1.165) is 22.0 Å². The number of carbonyl (C=O) groups is 1. The van der Waals surface area contributed by atoms with Gasteiger partial charge in [-0.15, -0.1) is 0 Å². The molecule has 0 unspecified atom stereocenters. The zero-order valence-electron chi connectivity index (χ0n) is 6.23. The highest BCUT2D eigenvalue weighted by Crippen LogP contribution is 2.37. The lowest BCUT2D eigenvalue weighted by molar-refractivity contribution is -0.131. The van der Waals surface area contributed by atoms with E-state index in [-0.39, 0.29) is 5.97 Å². The normalized spacial score (nSPS) is 14.2. The minimum absolute atomic E-state index is 0.146. The topological polar surface area (TPSA) is 26.3 Å². The quantitative estimate of drug-likeness (QED) is 0.232. The van der Waals surface area contributed by atoms with Crippen molar-refractivity contribution < 1.29 is 9.53 Å². The van der Waals surface area contributed by atoms with Crippen molar-refractivity contribution in [2.75, 3.05) is 0 Å². The molecule has 0 atom stereocenters. The van der Waals surface area contributed by atoms with Crippen molar-refractivity contribution in [3.8, 4) is 5.75 Å². The van der Waals surface area contributed by atoms with Crippen LogP contribution in [0.4, 0.5) is 0 Å². The van der Waals surface area contributed by atoms with Crippen molar-refractivity contribution in [2.24, 2.45) is 0 Å². The first kappa shape index (κ1) is 10.4. The van der Waals surface area contributed by atoms with Crippen molar-refractivity contribution >= 4 is 73.7 Å². The molecule has 68 valence electrons. The number of halogens is 3. The Kier molecular flexibility index (Phi) is 3.04. The molecule has 1 aromatic rings. The molecule has 0 fully saturated rings. The first-order chi connectivity index (χ1) is 6.09. The van der Waals surface area contributed by atoms with Crippen LogP contribution in [0.3, 0.4) is 0 Å². The molecule has 2 rings (SSSR count). The Labute approximate surface area is 116 Å². The second-order valence-electron chi connectivity index (χ2n) is 2.61. The third-order valence-corrected chi connectivity index (χ3v) is 5.68. The van der Waals surface area contributed by atoms with E-state index in [0.29, 0.717) is 6.42 Å². The standard InChI is InChI=1S/C8H3I3O2/c9-4-2-5(10)7(11)8-3(4)1-6(12)13-8/h2H,1H2. The fourth-order valence-corrected chi connectivity index (χ4v) is 3.67. The van der Waals surface area contributed by atoms with Crippen LogP contribution in [0.25, 0.3) is 0 Å². The molecule has 0 saturated carbocycles. The van der Waals surface area contributed by atoms with E-state index in [4.69, 9.17) is 4.74 Å². The van der Waals surface area contributed by atoms with E-state index in [9.17, 15) is 4.79 Å². The van der Waals surface area contributed by atoms with Crippen molar-refractivity contribution in [3.63, 3.8) is 0 Å². The summed E-state index contributed by atoms with van der Waals surface area (Å²) in [4.78, 5) is 11.1. The minimum atomic E-state index is -0.146. The van der Waals surface area contributed by atoms with Gasteiger partial charge in [-0.1, -0.05) is 0 Å². The highest BCUT2D eigenvalue weighted by atomic mass is 127. The zero-order valence-corrected chi connectivity index (χ0v) is 12.7. The average molecular weight is 512 g/mol. The number of benzene rings is 1. The monoisotopic (exact) mass is 512 g/mol. The predicted molar refractivity (Wildman–Crippen MR) is 73.9 cm³/mol. The van der Waals surface area contributed by atoms with E-state index in [1.54, 1.807) is 0 Å². The zero-order chi connectivity index (χ0) is 9.59. The van der Waals surface area contributed by atoms with Crippen molar-refractivity contribution in [1.82, 2.24) is 0 Å². The summed E-state index contributed by atoms with van der Waals surface area (Å²) in [6, 6.07) is 2.07. The summed E-state index contributed by atoms with van der Waals surface area (Å²) in [7, 11) is 0. The summed E-state index contributed by atoms with van der Waals surface area (Å²) in [6.45, 7) is 0. The first-order valence-electron chi connectivity index (χ1n) is 3.46. The fourth-order valence-electron chi connectivity index (χ4n) is 1.18. The van der Waals surface area contributed by atoms with E-state index in [2.05, 4.69) is 73.8 Å². The summed E-state index contributed by atoms with van der Waals surface area (Å²) < 4.78 is 8.43. The molecule has 1 aromatic carbocycles. The van der Waals surface area contributed by atoms with Gasteiger partial charge in [-0.2, -0.15) is 0 Å². The lowest BCUT2D eigenvalue weighted by Gasteiger charge is -2.04. The molecule has 1 aliphatic heterocycles. The second-order valence-corrected chi connectivity index (χ2v) is 6.02. The maximum absolute atomic E-state index is 11.1. The molecule has 0 amide bonds. The summed E-state index contributed by atoms with van der Waals surface area (Å²) in [5, 5.41) is 0. The maximum atomic E-state index is 11.1. The van der Waals surface area contributed by atoms with Gasteiger partial charge in [0.1, 0.15) is 5.75 Å². The smallest absolute Gasteiger partial charge is 0.315 e. The van der Waals surface area contributed by atoms with Gasteiger partial charge in [0.2, 0.25) is 0 Å². The molecule has 2 nitrogen and oxygen atoms in total. The van der Waals surface area contributed by atoms with Crippen LogP contribution in [0.1, 0.15) is 5.56 Å². The van der Waals surface area contributed by atoms with Gasteiger partial charge in [-0.3, -0.25) is 4.79 Å². The minimum Gasteiger partial charge on any atom is -0.425 e. The molecule has 0 saturated heterocycles. The SMILES string of the molecule is O=C1Cc2c(I)cc(I)c(I)c2O1. The molecule has 0 aliphatic carbocycles. The van der Waals surface area contributed by atoms with Crippen LogP contribution in [-0.2, 0) is 11.2 Å². The van der Waals surface area contributed by atoms with E-state index in [1.165, 1.54) is 0 Å². The van der Waals surface area contributed by atoms with Crippen LogP contribution < -0.4 is 4.74 Å². The van der Waals surface area contributed by atoms with E-state index >= 15 is 0 Å². The number of carbonyl (C=O) groups excluding carboxylic acids is 1. The second kappa shape index (κ2) is 3.80. The third-order valence-electron chi connectivity index (χ3n) is 1.76. The van der Waals surface area contributed by atoms with Gasteiger partial charge in [0.05, 0.1) is 9.99 Å². The van der Waals surface area contributed by atoms with Gasteiger partial charge in [-0.25, -0.2) is 0 Å². The molecule has 5 heteroatoms. The largest absolute Gasteiger partial charge is 0.425 e. The molecule has 0 radical (unpaired) electrons.